The van der Waals surface area contributed by atoms with Gasteiger partial charge in [-0.05, 0) is 44.2 Å². The first-order valence-electron chi connectivity index (χ1n) is 9.59. The number of thiazole rings is 1. The molecule has 0 atom stereocenters. The summed E-state index contributed by atoms with van der Waals surface area (Å²) in [5.41, 5.74) is 2.36. The number of aromatic nitrogens is 1. The number of benzene rings is 2. The average molecular weight is 476 g/mol. The summed E-state index contributed by atoms with van der Waals surface area (Å²) in [6, 6.07) is 11.6. The Labute approximate surface area is 188 Å². The van der Waals surface area contributed by atoms with Crippen molar-refractivity contribution in [2.45, 2.75) is 13.8 Å². The van der Waals surface area contributed by atoms with Gasteiger partial charge >= 0.3 is 5.97 Å². The maximum atomic E-state index is 12.2. The third-order valence-corrected chi connectivity index (χ3v) is 6.52. The van der Waals surface area contributed by atoms with E-state index in [4.69, 9.17) is 4.74 Å². The van der Waals surface area contributed by atoms with Crippen LogP contribution >= 0.6 is 11.3 Å². The molecule has 2 aromatic carbocycles. The van der Waals surface area contributed by atoms with E-state index in [0.29, 0.717) is 21.5 Å². The number of sulfone groups is 1. The fourth-order valence-electron chi connectivity index (χ4n) is 2.76. The van der Waals surface area contributed by atoms with Gasteiger partial charge in [0.05, 0.1) is 22.4 Å². The van der Waals surface area contributed by atoms with Gasteiger partial charge in [-0.25, -0.2) is 18.2 Å². The summed E-state index contributed by atoms with van der Waals surface area (Å²) in [7, 11) is -3.99. The molecule has 1 heterocycles. The molecule has 9 nitrogen and oxygen atoms in total. The summed E-state index contributed by atoms with van der Waals surface area (Å²) in [6.45, 7) is 3.84. The lowest BCUT2D eigenvalue weighted by atomic mass is 10.2. The number of nitrogens with zero attached hydrogens (tertiary/aromatic N) is 1. The van der Waals surface area contributed by atoms with Crippen molar-refractivity contribution in [3.8, 4) is 0 Å². The number of esters is 1. The van der Waals surface area contributed by atoms with E-state index >= 15 is 0 Å². The molecule has 0 fully saturated rings. The van der Waals surface area contributed by atoms with E-state index in [1.54, 1.807) is 49.4 Å². The van der Waals surface area contributed by atoms with Gasteiger partial charge in [0.2, 0.25) is 11.8 Å². The first kappa shape index (κ1) is 23.4. The summed E-state index contributed by atoms with van der Waals surface area (Å²) in [5.74, 6) is -3.69. The first-order valence-corrected chi connectivity index (χ1v) is 12.2. The molecule has 3 aromatic rings. The maximum Gasteiger partial charge on any atom is 0.338 e. The zero-order chi connectivity index (χ0) is 23.3. The van der Waals surface area contributed by atoms with Gasteiger partial charge in [0.25, 0.3) is 0 Å². The molecule has 0 unspecified atom stereocenters. The zero-order valence-electron chi connectivity index (χ0n) is 17.4. The van der Waals surface area contributed by atoms with Crippen LogP contribution in [0.3, 0.4) is 0 Å². The van der Waals surface area contributed by atoms with Crippen LogP contribution in [0.5, 0.6) is 0 Å². The molecule has 0 spiro atoms. The van der Waals surface area contributed by atoms with Crippen molar-refractivity contribution in [3.05, 3.63) is 53.6 Å². The fraction of sp³-hybridized carbons (Fsp3) is 0.238. The Kier molecular flexibility index (Phi) is 7.21. The normalized spacial score (nSPS) is 11.2. The highest BCUT2D eigenvalue weighted by atomic mass is 32.2. The van der Waals surface area contributed by atoms with Gasteiger partial charge < -0.3 is 15.4 Å². The van der Waals surface area contributed by atoms with Gasteiger partial charge in [0, 0.05) is 5.69 Å². The fourth-order valence-corrected chi connectivity index (χ4v) is 4.73. The van der Waals surface area contributed by atoms with Gasteiger partial charge in [-0.1, -0.05) is 29.0 Å². The van der Waals surface area contributed by atoms with Crippen LogP contribution in [0.4, 0.5) is 10.8 Å². The lowest BCUT2D eigenvalue weighted by Crippen LogP contribution is -2.30. The number of carbonyl (C=O) groups excluding carboxylic acids is 3. The largest absolute Gasteiger partial charge is 0.462 e. The standard InChI is InChI=1S/C21H21N3O6S2/c1-3-30-20(27)14-6-9-16-17(10-14)31-21(23-16)24-19(26)12-32(28,29)11-18(25)22-15-7-4-13(2)5-8-15/h4-10H,3,11-12H2,1-2H3,(H,22,25)(H,23,24,26). The number of rotatable bonds is 8. The van der Waals surface area contributed by atoms with Crippen molar-refractivity contribution >= 4 is 60.0 Å². The van der Waals surface area contributed by atoms with E-state index in [0.717, 1.165) is 16.9 Å². The molecule has 0 aliphatic heterocycles. The smallest absolute Gasteiger partial charge is 0.338 e. The van der Waals surface area contributed by atoms with Crippen molar-refractivity contribution in [3.63, 3.8) is 0 Å². The van der Waals surface area contributed by atoms with Gasteiger partial charge in [-0.3, -0.25) is 9.59 Å². The van der Waals surface area contributed by atoms with E-state index in [1.807, 2.05) is 6.92 Å². The molecular weight excluding hydrogens is 454 g/mol. The Hall–Kier alpha value is -3.31. The van der Waals surface area contributed by atoms with Crippen LogP contribution in [0.1, 0.15) is 22.8 Å². The molecule has 2 amide bonds. The molecule has 0 saturated carbocycles. The van der Waals surface area contributed by atoms with Crippen LogP contribution in [-0.4, -0.2) is 49.3 Å². The predicted molar refractivity (Wildman–Crippen MR) is 123 cm³/mol. The van der Waals surface area contributed by atoms with Crippen molar-refractivity contribution in [2.75, 3.05) is 28.7 Å². The second-order valence-corrected chi connectivity index (χ2v) is 10.0. The third kappa shape index (κ3) is 6.34. The second-order valence-electron chi connectivity index (χ2n) is 6.92. The number of amides is 2. The molecule has 0 radical (unpaired) electrons. The zero-order valence-corrected chi connectivity index (χ0v) is 19.0. The minimum atomic E-state index is -3.99. The van der Waals surface area contributed by atoms with Crippen LogP contribution in [0, 0.1) is 6.92 Å². The Balaban J connectivity index is 1.60. The highest BCUT2D eigenvalue weighted by Gasteiger charge is 2.22. The monoisotopic (exact) mass is 475 g/mol. The Morgan fingerprint density at radius 3 is 2.31 bits per heavy atom. The van der Waals surface area contributed by atoms with Crippen LogP contribution in [-0.2, 0) is 24.2 Å². The summed E-state index contributed by atoms with van der Waals surface area (Å²) >= 11 is 1.09. The molecule has 3 rings (SSSR count). The predicted octanol–water partition coefficient (Wildman–Crippen LogP) is 2.77. The minimum Gasteiger partial charge on any atom is -0.462 e. The van der Waals surface area contributed by atoms with E-state index in [9.17, 15) is 22.8 Å². The molecule has 32 heavy (non-hydrogen) atoms. The van der Waals surface area contributed by atoms with Gasteiger partial charge in [0.15, 0.2) is 15.0 Å². The van der Waals surface area contributed by atoms with E-state index in [-0.39, 0.29) is 11.7 Å². The summed E-state index contributed by atoms with van der Waals surface area (Å²) < 4.78 is 30.1. The lowest BCUT2D eigenvalue weighted by molar-refractivity contribution is -0.114. The minimum absolute atomic E-state index is 0.185. The maximum absolute atomic E-state index is 12.2. The molecular formula is C21H21N3O6S2. The second kappa shape index (κ2) is 9.88. The van der Waals surface area contributed by atoms with E-state index < -0.39 is 39.1 Å². The SMILES string of the molecule is CCOC(=O)c1ccc2nc(NC(=O)CS(=O)(=O)CC(=O)Nc3ccc(C)cc3)sc2c1. The molecule has 2 N–H and O–H groups in total. The van der Waals surface area contributed by atoms with E-state index in [2.05, 4.69) is 15.6 Å². The van der Waals surface area contributed by atoms with Gasteiger partial charge in [-0.2, -0.15) is 0 Å². The molecule has 168 valence electrons. The molecule has 11 heteroatoms. The molecule has 0 saturated heterocycles. The number of aryl methyl sites for hydroxylation is 1. The van der Waals surface area contributed by atoms with Crippen LogP contribution < -0.4 is 10.6 Å². The highest BCUT2D eigenvalue weighted by Crippen LogP contribution is 2.27. The van der Waals surface area contributed by atoms with Gasteiger partial charge in [0.1, 0.15) is 11.5 Å². The Morgan fingerprint density at radius 2 is 1.66 bits per heavy atom. The average Bonchev–Trinajstić information content (AvgIpc) is 3.10. The number of hydrogen-bond donors (Lipinski definition) is 2. The quantitative estimate of drug-likeness (QED) is 0.479. The summed E-state index contributed by atoms with van der Waals surface area (Å²) in [4.78, 5) is 40.3. The van der Waals surface area contributed by atoms with Crippen LogP contribution in [0.2, 0.25) is 0 Å². The van der Waals surface area contributed by atoms with Crippen LogP contribution in [0.25, 0.3) is 10.2 Å². The van der Waals surface area contributed by atoms with Crippen molar-refractivity contribution in [1.29, 1.82) is 0 Å². The number of fused-ring (bicyclic) bond motifs is 1. The molecule has 0 aliphatic carbocycles. The number of carbonyl (C=O) groups is 3. The van der Waals surface area contributed by atoms with Gasteiger partial charge in [-0.15, -0.1) is 0 Å². The van der Waals surface area contributed by atoms with E-state index in [1.165, 1.54) is 0 Å². The first-order chi connectivity index (χ1) is 15.1. The molecule has 1 aromatic heterocycles. The highest BCUT2D eigenvalue weighted by molar-refractivity contribution is 7.92. The number of ether oxygens (including phenoxy) is 1. The number of anilines is 2. The summed E-state index contributed by atoms with van der Waals surface area (Å²) in [5, 5.41) is 5.11. The van der Waals surface area contributed by atoms with Crippen molar-refractivity contribution < 1.29 is 27.5 Å². The molecule has 0 bridgehead atoms. The topological polar surface area (TPSA) is 132 Å². The van der Waals surface area contributed by atoms with Crippen molar-refractivity contribution in [2.24, 2.45) is 0 Å². The third-order valence-electron chi connectivity index (χ3n) is 4.18. The number of hydrogen-bond acceptors (Lipinski definition) is 8. The Morgan fingerprint density at radius 1 is 1.00 bits per heavy atom. The molecule has 0 aliphatic rings. The number of nitrogens with one attached hydrogen (secondary N) is 2. The Bertz CT molecular complexity index is 1270. The summed E-state index contributed by atoms with van der Waals surface area (Å²) in [6.07, 6.45) is 0. The van der Waals surface area contributed by atoms with Crippen LogP contribution in [0.15, 0.2) is 42.5 Å². The lowest BCUT2D eigenvalue weighted by Gasteiger charge is -2.06. The van der Waals surface area contributed by atoms with Crippen molar-refractivity contribution in [1.82, 2.24) is 4.98 Å².